The molecular formula is C87H101N15O15S5. The van der Waals surface area contributed by atoms with Gasteiger partial charge in [0.05, 0.1) is 72.4 Å². The van der Waals surface area contributed by atoms with Crippen molar-refractivity contribution in [2.45, 2.75) is 175 Å². The van der Waals surface area contributed by atoms with E-state index in [9.17, 15) is 67.5 Å². The largest absolute Gasteiger partial charge is 0.357 e. The van der Waals surface area contributed by atoms with Crippen LogP contribution in [0.25, 0.3) is 0 Å². The summed E-state index contributed by atoms with van der Waals surface area (Å²) in [6.45, 7) is 16.2. The molecular weight excluding hydrogens is 1660 g/mol. The summed E-state index contributed by atoms with van der Waals surface area (Å²) < 4.78 is 33.0. The molecule has 0 aliphatic carbocycles. The number of nitro benzene ring substituents is 3. The minimum atomic E-state index is -4.37. The van der Waals surface area contributed by atoms with E-state index in [0.29, 0.717) is 50.6 Å². The lowest BCUT2D eigenvalue weighted by molar-refractivity contribution is -0.385. The van der Waals surface area contributed by atoms with Crippen molar-refractivity contribution in [3.63, 3.8) is 0 Å². The van der Waals surface area contributed by atoms with Gasteiger partial charge in [0.2, 0.25) is 35.4 Å². The summed E-state index contributed by atoms with van der Waals surface area (Å²) in [7, 11) is -4.37. The number of nitro groups is 3. The summed E-state index contributed by atoms with van der Waals surface area (Å²) in [5, 5.41) is 61.0. The highest BCUT2D eigenvalue weighted by Crippen LogP contribution is 2.29. The molecule has 644 valence electrons. The second kappa shape index (κ2) is 49.5. The Hall–Kier alpha value is -12.3. The molecule has 0 saturated heterocycles. The van der Waals surface area contributed by atoms with E-state index >= 15 is 0 Å². The Bertz CT molecular complexity index is 5120. The molecule has 0 fully saturated rings. The summed E-state index contributed by atoms with van der Waals surface area (Å²) in [6, 6.07) is 50.1. The van der Waals surface area contributed by atoms with Crippen LogP contribution in [0.4, 0.5) is 22.7 Å². The number of carbonyl (C=O) groups is 6. The van der Waals surface area contributed by atoms with E-state index in [1.54, 1.807) is 59.9 Å². The first-order valence-corrected chi connectivity index (χ1v) is 44.3. The molecule has 11 aromatic rings. The highest BCUT2D eigenvalue weighted by Gasteiger charge is 2.30. The number of nitrogens with two attached hydrogens (primary N) is 1. The van der Waals surface area contributed by atoms with Gasteiger partial charge < -0.3 is 37.6 Å². The van der Waals surface area contributed by atoms with E-state index in [0.717, 1.165) is 102 Å². The van der Waals surface area contributed by atoms with Crippen LogP contribution in [-0.4, -0.2) is 101 Å². The van der Waals surface area contributed by atoms with Crippen LogP contribution in [0.5, 0.6) is 0 Å². The van der Waals surface area contributed by atoms with Crippen LogP contribution >= 0.6 is 45.3 Å². The van der Waals surface area contributed by atoms with Gasteiger partial charge in [0.25, 0.3) is 17.1 Å². The van der Waals surface area contributed by atoms with Crippen molar-refractivity contribution in [3.8, 4) is 0 Å². The number of aryl methyl sites for hydroxylation is 4. The predicted octanol–water partition coefficient (Wildman–Crippen LogP) is 14.5. The molecule has 30 nitrogen and oxygen atoms in total. The molecule has 0 aliphatic rings. The van der Waals surface area contributed by atoms with Gasteiger partial charge in [-0.1, -0.05) is 181 Å². The number of nitrogens with one attached hydrogen (secondary N) is 7. The predicted molar refractivity (Wildman–Crippen MR) is 476 cm³/mol. The minimum absolute atomic E-state index is 0.00966. The third-order valence-corrected chi connectivity index (χ3v) is 22.8. The van der Waals surface area contributed by atoms with Gasteiger partial charge in [-0.2, -0.15) is 8.42 Å². The van der Waals surface area contributed by atoms with Gasteiger partial charge in [0, 0.05) is 98.0 Å². The van der Waals surface area contributed by atoms with Gasteiger partial charge in [-0.05, 0) is 102 Å². The molecule has 6 amide bonds. The average molecular weight is 1760 g/mol. The fourth-order valence-electron chi connectivity index (χ4n) is 12.1. The number of non-ortho nitro benzene ring substituents is 3. The van der Waals surface area contributed by atoms with Crippen molar-refractivity contribution < 1.29 is 56.5 Å². The van der Waals surface area contributed by atoms with Gasteiger partial charge in [0.1, 0.15) is 33.1 Å². The molecule has 0 bridgehead atoms. The molecule has 4 aromatic heterocycles. The maximum Gasteiger partial charge on any atom is 0.357 e. The number of hydrogen-bond donors (Lipinski definition) is 9. The first-order chi connectivity index (χ1) is 58.4. The van der Waals surface area contributed by atoms with Gasteiger partial charge >= 0.3 is 10.3 Å². The SMILES string of the molecule is CC.CCc1csc([C@@H](N)Cc2ccc([N+](=O)[O-])cc2)n1.CCc1csc([C@H](Cc2ccc([N+](=O)[O-])cc2)NC(=O)[C@H](Cc2ccccc2)NC(C)=O)n1.CCc1csc([C@H](Cc2ccc([N+](=O)[O-])cc2)NC(=O)[C@H](Cc2ccccc2)NC(C)=O)n1.CCc1nc([C@H](Cc2ccc(NS(=O)(=O)O)cc2)NC(=O)[C@H](Cc2ccccc2)NC(C)=O)cs1. The molecule has 122 heavy (non-hydrogen) atoms. The molecule has 7 aromatic carbocycles. The number of hydrogen-bond acceptors (Lipinski definition) is 23. The standard InChI is InChI=1S/C24H28N4O5S2.2C24H26N4O4S.C13H15N3O2S.C2H6/c1-3-23-26-22(15-34-23)20(13-18-9-11-19(12-10-18)28-35(31,32)33)27-24(30)21(25-16(2)29)14-17-7-5-4-6-8-17;2*1-3-19-15-33-24(26-19)22(14-18-9-11-20(12-10-18)28(31)32)27-23(30)21(25-16(2)29)13-17-7-5-4-6-8-17;1-2-10-8-19-13(15-10)12(14)7-9-3-5-11(6-4-9)16(17)18;1-2/h4-12,15,20-21,28H,3,13-14H2,1-2H3,(H,25,29)(H,27,30)(H,31,32,33);2*4-12,15,21-22H,3,13-14H2,1-2H3,(H,25,29)(H,27,30);3-6,8,12H,2,7,14H2,1H3;1-2H3/t20-,21-;2*21-,22-;12-;/m0000./s1. The van der Waals surface area contributed by atoms with Crippen molar-refractivity contribution in [1.82, 2.24) is 51.8 Å². The zero-order valence-corrected chi connectivity index (χ0v) is 73.0. The smallest absolute Gasteiger partial charge is 0.346 e. The third kappa shape index (κ3) is 33.0. The fraction of sp³-hybridized carbons (Fsp3) is 0.310. The van der Waals surface area contributed by atoms with Gasteiger partial charge in [-0.25, -0.2) is 19.9 Å². The van der Waals surface area contributed by atoms with Gasteiger partial charge in [-0.15, -0.1) is 45.3 Å². The van der Waals surface area contributed by atoms with E-state index in [2.05, 4.69) is 58.8 Å². The number of rotatable bonds is 36. The van der Waals surface area contributed by atoms with E-state index in [4.69, 9.17) is 10.3 Å². The summed E-state index contributed by atoms with van der Waals surface area (Å²) in [4.78, 5) is 125. The number of anilines is 1. The van der Waals surface area contributed by atoms with Crippen molar-refractivity contribution in [2.75, 3.05) is 4.72 Å². The lowest BCUT2D eigenvalue weighted by Crippen LogP contribution is -2.48. The Labute approximate surface area is 724 Å². The lowest BCUT2D eigenvalue weighted by Gasteiger charge is -2.23. The first-order valence-electron chi connectivity index (χ1n) is 39.3. The molecule has 0 saturated carbocycles. The number of aromatic nitrogens is 4. The number of nitrogens with zero attached hydrogens (tertiary/aromatic N) is 7. The van der Waals surface area contributed by atoms with E-state index in [-0.39, 0.29) is 64.2 Å². The number of thiazole rings is 4. The maximum absolute atomic E-state index is 13.3. The Morgan fingerprint density at radius 3 is 0.975 bits per heavy atom. The number of carbonyl (C=O) groups excluding carboxylic acids is 6. The van der Waals surface area contributed by atoms with Crippen LogP contribution in [-0.2, 0) is 110 Å². The fourth-order valence-corrected chi connectivity index (χ4v) is 16.2. The van der Waals surface area contributed by atoms with Crippen LogP contribution in [0.3, 0.4) is 0 Å². The number of amides is 6. The van der Waals surface area contributed by atoms with Crippen molar-refractivity contribution >= 4 is 114 Å². The zero-order chi connectivity index (χ0) is 88.8. The van der Waals surface area contributed by atoms with Crippen LogP contribution in [0.1, 0.15) is 168 Å². The molecule has 11 rings (SSSR count). The van der Waals surface area contributed by atoms with E-state index in [1.807, 2.05) is 152 Å². The Morgan fingerprint density at radius 2 is 0.680 bits per heavy atom. The second-order valence-electron chi connectivity index (χ2n) is 27.6. The minimum Gasteiger partial charge on any atom is -0.346 e. The first kappa shape index (κ1) is 96.9. The van der Waals surface area contributed by atoms with Crippen molar-refractivity contribution in [2.24, 2.45) is 5.73 Å². The molecule has 0 spiro atoms. The highest BCUT2D eigenvalue weighted by atomic mass is 32.2. The normalized spacial score (nSPS) is 12.5. The molecule has 35 heteroatoms. The second-order valence-corrected chi connectivity index (χ2v) is 32.4. The Kier molecular flexibility index (Phi) is 39.3. The van der Waals surface area contributed by atoms with Crippen LogP contribution in [0.15, 0.2) is 210 Å². The maximum atomic E-state index is 13.3. The van der Waals surface area contributed by atoms with Crippen molar-refractivity contribution in [3.05, 3.63) is 322 Å². The Morgan fingerprint density at radius 1 is 0.385 bits per heavy atom. The third-order valence-electron chi connectivity index (χ3n) is 18.2. The van der Waals surface area contributed by atoms with Crippen molar-refractivity contribution in [1.29, 1.82) is 0 Å². The van der Waals surface area contributed by atoms with Crippen LogP contribution < -0.4 is 42.4 Å². The molecule has 0 aliphatic heterocycles. The summed E-state index contributed by atoms with van der Waals surface area (Å²) >= 11 is 5.99. The summed E-state index contributed by atoms with van der Waals surface area (Å²) in [5.41, 5.74) is 16.3. The topological polar surface area (TPSA) is 448 Å². The number of benzene rings is 7. The zero-order valence-electron chi connectivity index (χ0n) is 68.9. The lowest BCUT2D eigenvalue weighted by atomic mass is 10.0. The summed E-state index contributed by atoms with van der Waals surface area (Å²) in [5.74, 6) is -1.84. The van der Waals surface area contributed by atoms with E-state index in [1.165, 1.54) is 103 Å². The van der Waals surface area contributed by atoms with Gasteiger partial charge in [0.15, 0.2) is 0 Å². The van der Waals surface area contributed by atoms with Crippen LogP contribution in [0, 0.1) is 30.3 Å². The molecule has 10 N–H and O–H groups in total. The van der Waals surface area contributed by atoms with Gasteiger partial charge in [-0.3, -0.25) is 68.4 Å². The highest BCUT2D eigenvalue weighted by molar-refractivity contribution is 7.87. The molecule has 7 atom stereocenters. The monoisotopic (exact) mass is 1760 g/mol. The van der Waals surface area contributed by atoms with E-state index < -0.39 is 61.3 Å². The van der Waals surface area contributed by atoms with Crippen LogP contribution in [0.2, 0.25) is 0 Å². The summed E-state index contributed by atoms with van der Waals surface area (Å²) in [6.07, 6.45) is 6.13. The average Bonchev–Trinajstić information content (AvgIpc) is 1.71. The molecule has 0 radical (unpaired) electrons. The molecule has 0 unspecified atom stereocenters. The molecule has 4 heterocycles. The quantitative estimate of drug-likeness (QED) is 0.0100. The Balaban J connectivity index is 0.000000226.